The van der Waals surface area contributed by atoms with Crippen LogP contribution in [0.2, 0.25) is 0 Å². The quantitative estimate of drug-likeness (QED) is 0.749. The molecule has 148 valence electrons. The highest BCUT2D eigenvalue weighted by molar-refractivity contribution is 5.90. The SMILES string of the molecule is Cc1ccc(CN2CC(C(=O)N3CCc4c([nH]c5ccccc45)C3)CC2=O)cc1. The molecular formula is C24H25N3O2. The number of para-hydroxylation sites is 1. The first-order valence-electron chi connectivity index (χ1n) is 10.3. The summed E-state index contributed by atoms with van der Waals surface area (Å²) in [5.41, 5.74) is 5.90. The van der Waals surface area contributed by atoms with Gasteiger partial charge in [0.2, 0.25) is 11.8 Å². The van der Waals surface area contributed by atoms with E-state index in [0.717, 1.165) is 29.7 Å². The fraction of sp³-hybridized carbons (Fsp3) is 0.333. The lowest BCUT2D eigenvalue weighted by atomic mass is 10.0. The smallest absolute Gasteiger partial charge is 0.228 e. The number of hydrogen-bond donors (Lipinski definition) is 1. The van der Waals surface area contributed by atoms with Crippen LogP contribution in [-0.2, 0) is 29.1 Å². The number of amides is 2. The van der Waals surface area contributed by atoms with Crippen molar-refractivity contribution in [1.82, 2.24) is 14.8 Å². The molecule has 3 aromatic rings. The largest absolute Gasteiger partial charge is 0.357 e. The number of benzene rings is 2. The predicted molar refractivity (Wildman–Crippen MR) is 112 cm³/mol. The first-order valence-corrected chi connectivity index (χ1v) is 10.3. The zero-order valence-electron chi connectivity index (χ0n) is 16.6. The van der Waals surface area contributed by atoms with Crippen molar-refractivity contribution in [2.45, 2.75) is 32.9 Å². The molecule has 0 spiro atoms. The second kappa shape index (κ2) is 7.07. The maximum absolute atomic E-state index is 13.1. The monoisotopic (exact) mass is 387 g/mol. The van der Waals surface area contributed by atoms with Crippen LogP contribution >= 0.6 is 0 Å². The molecule has 2 aliphatic rings. The Bertz CT molecular complexity index is 1080. The normalized spacial score (nSPS) is 19.1. The summed E-state index contributed by atoms with van der Waals surface area (Å²) in [6, 6.07) is 16.5. The third-order valence-corrected chi connectivity index (χ3v) is 6.25. The van der Waals surface area contributed by atoms with Gasteiger partial charge in [-0.2, -0.15) is 0 Å². The molecule has 0 saturated carbocycles. The molecule has 5 rings (SSSR count). The Kier molecular flexibility index (Phi) is 4.38. The second-order valence-corrected chi connectivity index (χ2v) is 8.30. The number of likely N-dealkylation sites (tertiary alicyclic amines) is 1. The van der Waals surface area contributed by atoms with E-state index < -0.39 is 0 Å². The van der Waals surface area contributed by atoms with Gasteiger partial charge in [-0.1, -0.05) is 48.0 Å². The van der Waals surface area contributed by atoms with Crippen LogP contribution in [0.15, 0.2) is 48.5 Å². The van der Waals surface area contributed by atoms with Crippen LogP contribution < -0.4 is 0 Å². The van der Waals surface area contributed by atoms with Crippen molar-refractivity contribution in [2.24, 2.45) is 5.92 Å². The zero-order chi connectivity index (χ0) is 20.0. The van der Waals surface area contributed by atoms with Crippen molar-refractivity contribution in [1.29, 1.82) is 0 Å². The fourth-order valence-corrected chi connectivity index (χ4v) is 4.64. The summed E-state index contributed by atoms with van der Waals surface area (Å²) in [6.45, 7) is 4.47. The van der Waals surface area contributed by atoms with Gasteiger partial charge in [0.25, 0.3) is 0 Å². The molecule has 0 radical (unpaired) electrons. The Balaban J connectivity index is 1.27. The Morgan fingerprint density at radius 2 is 1.93 bits per heavy atom. The van der Waals surface area contributed by atoms with Crippen LogP contribution in [0.3, 0.4) is 0 Å². The number of aromatic amines is 1. The number of carbonyl (C=O) groups excluding carboxylic acids is 2. The number of fused-ring (bicyclic) bond motifs is 3. The number of H-pyrrole nitrogens is 1. The second-order valence-electron chi connectivity index (χ2n) is 8.30. The van der Waals surface area contributed by atoms with Crippen LogP contribution in [-0.4, -0.2) is 39.7 Å². The van der Waals surface area contributed by atoms with Crippen LogP contribution in [0.1, 0.15) is 28.8 Å². The van der Waals surface area contributed by atoms with Gasteiger partial charge in [0.05, 0.1) is 12.5 Å². The highest BCUT2D eigenvalue weighted by atomic mass is 16.2. The Labute approximate surface area is 170 Å². The van der Waals surface area contributed by atoms with Gasteiger partial charge in [-0.3, -0.25) is 9.59 Å². The number of carbonyl (C=O) groups is 2. The van der Waals surface area contributed by atoms with Crippen molar-refractivity contribution in [3.05, 3.63) is 70.9 Å². The molecule has 29 heavy (non-hydrogen) atoms. The molecule has 3 heterocycles. The van der Waals surface area contributed by atoms with E-state index in [2.05, 4.69) is 54.4 Å². The number of nitrogens with zero attached hydrogens (tertiary/aromatic N) is 2. The fourth-order valence-electron chi connectivity index (χ4n) is 4.64. The van der Waals surface area contributed by atoms with Gasteiger partial charge in [-0.25, -0.2) is 0 Å². The van der Waals surface area contributed by atoms with E-state index in [4.69, 9.17) is 0 Å². The van der Waals surface area contributed by atoms with E-state index >= 15 is 0 Å². The predicted octanol–water partition coefficient (Wildman–Crippen LogP) is 3.41. The van der Waals surface area contributed by atoms with Gasteiger partial charge in [0.1, 0.15) is 0 Å². The zero-order valence-corrected chi connectivity index (χ0v) is 16.6. The third-order valence-electron chi connectivity index (χ3n) is 6.25. The molecule has 1 fully saturated rings. The number of nitrogens with one attached hydrogen (secondary N) is 1. The minimum atomic E-state index is -0.237. The van der Waals surface area contributed by atoms with Gasteiger partial charge in [0.15, 0.2) is 0 Å². The van der Waals surface area contributed by atoms with Crippen LogP contribution in [0.4, 0.5) is 0 Å². The lowest BCUT2D eigenvalue weighted by Gasteiger charge is -2.29. The lowest BCUT2D eigenvalue weighted by Crippen LogP contribution is -2.40. The van der Waals surface area contributed by atoms with E-state index in [9.17, 15) is 9.59 Å². The van der Waals surface area contributed by atoms with E-state index in [1.807, 2.05) is 15.9 Å². The molecule has 1 aromatic heterocycles. The van der Waals surface area contributed by atoms with E-state index in [-0.39, 0.29) is 17.7 Å². The van der Waals surface area contributed by atoms with Gasteiger partial charge in [-0.15, -0.1) is 0 Å². The summed E-state index contributed by atoms with van der Waals surface area (Å²) in [7, 11) is 0. The van der Waals surface area contributed by atoms with E-state index in [1.54, 1.807) is 0 Å². The molecule has 1 saturated heterocycles. The number of hydrogen-bond acceptors (Lipinski definition) is 2. The minimum Gasteiger partial charge on any atom is -0.357 e. The Morgan fingerprint density at radius 1 is 1.14 bits per heavy atom. The van der Waals surface area contributed by atoms with Crippen molar-refractivity contribution < 1.29 is 9.59 Å². The minimum absolute atomic E-state index is 0.0761. The van der Waals surface area contributed by atoms with Crippen LogP contribution in [0.5, 0.6) is 0 Å². The molecule has 1 atom stereocenters. The molecule has 0 aliphatic carbocycles. The molecule has 5 nitrogen and oxygen atoms in total. The molecule has 5 heteroatoms. The maximum atomic E-state index is 13.1. The number of rotatable bonds is 3. The molecule has 2 amide bonds. The van der Waals surface area contributed by atoms with Crippen molar-refractivity contribution in [3.63, 3.8) is 0 Å². The molecule has 1 unspecified atom stereocenters. The lowest BCUT2D eigenvalue weighted by molar-refractivity contribution is -0.136. The molecule has 2 aromatic carbocycles. The Morgan fingerprint density at radius 3 is 2.76 bits per heavy atom. The highest BCUT2D eigenvalue weighted by Gasteiger charge is 2.37. The summed E-state index contributed by atoms with van der Waals surface area (Å²) in [5, 5.41) is 1.26. The number of aromatic nitrogens is 1. The maximum Gasteiger partial charge on any atom is 0.228 e. The summed E-state index contributed by atoms with van der Waals surface area (Å²) < 4.78 is 0. The van der Waals surface area contributed by atoms with Crippen LogP contribution in [0.25, 0.3) is 10.9 Å². The van der Waals surface area contributed by atoms with Crippen molar-refractivity contribution in [3.8, 4) is 0 Å². The summed E-state index contributed by atoms with van der Waals surface area (Å²) in [5.74, 6) is -0.0554. The molecule has 0 bridgehead atoms. The van der Waals surface area contributed by atoms with Gasteiger partial charge >= 0.3 is 0 Å². The van der Waals surface area contributed by atoms with Gasteiger partial charge < -0.3 is 14.8 Å². The standard InChI is InChI=1S/C24H25N3O2/c1-16-6-8-17(9-7-16)13-27-14-18(12-23(27)28)24(29)26-11-10-20-19-4-2-3-5-21(19)25-22(20)15-26/h2-9,18,25H,10-15H2,1H3. The summed E-state index contributed by atoms with van der Waals surface area (Å²) in [6.07, 6.45) is 1.18. The topological polar surface area (TPSA) is 56.4 Å². The van der Waals surface area contributed by atoms with Gasteiger partial charge in [-0.05, 0) is 30.5 Å². The third kappa shape index (κ3) is 3.31. The average Bonchev–Trinajstić information content (AvgIpc) is 3.29. The van der Waals surface area contributed by atoms with E-state index in [1.165, 1.54) is 16.5 Å². The molecule has 2 aliphatic heterocycles. The molecule has 1 N–H and O–H groups in total. The first kappa shape index (κ1) is 18.0. The highest BCUT2D eigenvalue weighted by Crippen LogP contribution is 2.29. The van der Waals surface area contributed by atoms with Gasteiger partial charge in [0, 0.05) is 42.7 Å². The number of aryl methyl sites for hydroxylation is 1. The molecular weight excluding hydrogens is 362 g/mol. The van der Waals surface area contributed by atoms with Crippen LogP contribution in [0, 0.1) is 12.8 Å². The van der Waals surface area contributed by atoms with E-state index in [0.29, 0.717) is 26.1 Å². The van der Waals surface area contributed by atoms with Crippen molar-refractivity contribution in [2.75, 3.05) is 13.1 Å². The Hall–Kier alpha value is -3.08. The summed E-state index contributed by atoms with van der Waals surface area (Å²) in [4.78, 5) is 32.9. The first-order chi connectivity index (χ1) is 14.1. The van der Waals surface area contributed by atoms with Crippen molar-refractivity contribution >= 4 is 22.7 Å². The summed E-state index contributed by atoms with van der Waals surface area (Å²) >= 11 is 0. The average molecular weight is 387 g/mol.